The number of aliphatic hydroxyl groups is 1. The molecule has 7 nitrogen and oxygen atoms in total. The van der Waals surface area contributed by atoms with Crippen LogP contribution in [0.15, 0.2) is 65.8 Å². The molecule has 0 radical (unpaired) electrons. The van der Waals surface area contributed by atoms with Crippen LogP contribution in [0.5, 0.6) is 11.5 Å². The second kappa shape index (κ2) is 7.88. The van der Waals surface area contributed by atoms with Gasteiger partial charge in [-0.25, -0.2) is 0 Å². The number of carbonyl (C=O) groups excluding carboxylic acids is 2. The Kier molecular flexibility index (Phi) is 4.91. The standard InChI is InChI=1S/C23H18N2O5S/c26-21(15-3-4-16-17(12-15)30-10-9-29-16)19-20(18-2-1-11-31-18)25(23(28)22(19)27)13-14-5-7-24-8-6-14/h1-8,11-12,20,26H,9-10,13H2/t20-/m0/s1. The Bertz CT molecular complexity index is 1170. The third kappa shape index (κ3) is 3.44. The van der Waals surface area contributed by atoms with E-state index in [0.29, 0.717) is 30.3 Å². The van der Waals surface area contributed by atoms with Crippen molar-refractivity contribution in [3.8, 4) is 11.5 Å². The molecule has 8 heteroatoms. The molecule has 0 unspecified atom stereocenters. The highest BCUT2D eigenvalue weighted by molar-refractivity contribution is 7.10. The third-order valence-corrected chi connectivity index (χ3v) is 6.20. The van der Waals surface area contributed by atoms with Gasteiger partial charge in [0.15, 0.2) is 11.5 Å². The highest BCUT2D eigenvalue weighted by Crippen LogP contribution is 2.43. The summed E-state index contributed by atoms with van der Waals surface area (Å²) in [6, 6.07) is 11.6. The Balaban J connectivity index is 1.60. The maximum Gasteiger partial charge on any atom is 0.295 e. The zero-order valence-corrected chi connectivity index (χ0v) is 17.2. The number of fused-ring (bicyclic) bond motifs is 1. The van der Waals surface area contributed by atoms with Crippen molar-refractivity contribution in [1.29, 1.82) is 0 Å². The van der Waals surface area contributed by atoms with E-state index in [1.807, 2.05) is 17.5 Å². The minimum Gasteiger partial charge on any atom is -0.507 e. The molecule has 2 aliphatic rings. The lowest BCUT2D eigenvalue weighted by Gasteiger charge is -2.24. The van der Waals surface area contributed by atoms with Gasteiger partial charge in [-0.3, -0.25) is 14.6 Å². The fourth-order valence-electron chi connectivity index (χ4n) is 3.82. The molecule has 31 heavy (non-hydrogen) atoms. The molecule has 1 atom stereocenters. The second-order valence-electron chi connectivity index (χ2n) is 7.16. The molecule has 0 aliphatic carbocycles. The highest BCUT2D eigenvalue weighted by atomic mass is 32.1. The summed E-state index contributed by atoms with van der Waals surface area (Å²) < 4.78 is 11.1. The number of Topliss-reactive ketones (excluding diaryl/α,β-unsaturated/α-hetero) is 1. The topological polar surface area (TPSA) is 89.0 Å². The van der Waals surface area contributed by atoms with Crippen LogP contribution in [0.25, 0.3) is 5.76 Å². The average molecular weight is 434 g/mol. The molecule has 0 spiro atoms. The molecule has 5 rings (SSSR count). The van der Waals surface area contributed by atoms with Gasteiger partial charge in [0.1, 0.15) is 19.0 Å². The van der Waals surface area contributed by atoms with Crippen LogP contribution >= 0.6 is 11.3 Å². The van der Waals surface area contributed by atoms with Crippen molar-refractivity contribution in [2.75, 3.05) is 13.2 Å². The number of benzene rings is 1. The smallest absolute Gasteiger partial charge is 0.295 e. The van der Waals surface area contributed by atoms with Crippen LogP contribution in [-0.4, -0.2) is 39.9 Å². The average Bonchev–Trinajstić information content (AvgIpc) is 3.42. The van der Waals surface area contributed by atoms with Gasteiger partial charge in [-0.15, -0.1) is 11.3 Å². The summed E-state index contributed by atoms with van der Waals surface area (Å²) in [6.45, 7) is 1.09. The number of nitrogens with zero attached hydrogens (tertiary/aromatic N) is 2. The lowest BCUT2D eigenvalue weighted by Crippen LogP contribution is -2.28. The van der Waals surface area contributed by atoms with Crippen LogP contribution in [0.2, 0.25) is 0 Å². The molecule has 1 amide bonds. The molecule has 3 aromatic rings. The van der Waals surface area contributed by atoms with E-state index in [0.717, 1.165) is 10.4 Å². The number of aromatic nitrogens is 1. The van der Waals surface area contributed by atoms with Crippen LogP contribution in [0.4, 0.5) is 0 Å². The molecule has 1 aromatic carbocycles. The number of ether oxygens (including phenoxy) is 2. The van der Waals surface area contributed by atoms with Crippen molar-refractivity contribution < 1.29 is 24.2 Å². The highest BCUT2D eigenvalue weighted by Gasteiger charge is 2.46. The molecule has 2 aromatic heterocycles. The summed E-state index contributed by atoms with van der Waals surface area (Å²) in [5, 5.41) is 13.0. The Hall–Kier alpha value is -3.65. The van der Waals surface area contributed by atoms with E-state index >= 15 is 0 Å². The number of amides is 1. The molecule has 1 N–H and O–H groups in total. The first-order chi connectivity index (χ1) is 15.1. The van der Waals surface area contributed by atoms with Crippen LogP contribution in [0, 0.1) is 0 Å². The second-order valence-corrected chi connectivity index (χ2v) is 8.14. The van der Waals surface area contributed by atoms with Gasteiger partial charge in [0.25, 0.3) is 11.7 Å². The first-order valence-electron chi connectivity index (χ1n) is 9.74. The number of hydrogen-bond donors (Lipinski definition) is 1. The third-order valence-electron chi connectivity index (χ3n) is 5.27. The van der Waals surface area contributed by atoms with Crippen molar-refractivity contribution in [2.24, 2.45) is 0 Å². The summed E-state index contributed by atoms with van der Waals surface area (Å²) in [6.07, 6.45) is 3.28. The Morgan fingerprint density at radius 3 is 2.61 bits per heavy atom. The van der Waals surface area contributed by atoms with Crippen molar-refractivity contribution in [3.63, 3.8) is 0 Å². The molecule has 4 heterocycles. The van der Waals surface area contributed by atoms with E-state index in [1.54, 1.807) is 42.7 Å². The van der Waals surface area contributed by atoms with E-state index < -0.39 is 17.7 Å². The van der Waals surface area contributed by atoms with Gasteiger partial charge in [0.05, 0.1) is 11.6 Å². The SMILES string of the molecule is O=C1C(=O)N(Cc2ccncc2)[C@@H](c2cccs2)C1=C(O)c1ccc2c(c1)OCCO2. The van der Waals surface area contributed by atoms with Gasteiger partial charge < -0.3 is 19.5 Å². The number of aliphatic hydroxyl groups excluding tert-OH is 1. The predicted octanol–water partition coefficient (Wildman–Crippen LogP) is 3.54. The molecule has 156 valence electrons. The van der Waals surface area contributed by atoms with Gasteiger partial charge in [-0.05, 0) is 47.3 Å². The Morgan fingerprint density at radius 2 is 1.87 bits per heavy atom. The van der Waals surface area contributed by atoms with Crippen molar-refractivity contribution in [3.05, 3.63) is 81.8 Å². The van der Waals surface area contributed by atoms with Crippen molar-refractivity contribution in [1.82, 2.24) is 9.88 Å². The lowest BCUT2D eigenvalue weighted by atomic mass is 9.99. The number of ketones is 1. The summed E-state index contributed by atoms with van der Waals surface area (Å²) in [4.78, 5) is 32.3. The maximum absolute atomic E-state index is 13.0. The van der Waals surface area contributed by atoms with Crippen LogP contribution in [0.1, 0.15) is 22.0 Å². The van der Waals surface area contributed by atoms with E-state index in [4.69, 9.17) is 9.47 Å². The summed E-state index contributed by atoms with van der Waals surface area (Å²) in [5.74, 6) is -0.509. The minimum atomic E-state index is -0.708. The monoisotopic (exact) mass is 434 g/mol. The Morgan fingerprint density at radius 1 is 1.10 bits per heavy atom. The maximum atomic E-state index is 13.0. The van der Waals surface area contributed by atoms with Crippen LogP contribution in [0.3, 0.4) is 0 Å². The van der Waals surface area contributed by atoms with Crippen LogP contribution < -0.4 is 9.47 Å². The largest absolute Gasteiger partial charge is 0.507 e. The predicted molar refractivity (Wildman–Crippen MR) is 114 cm³/mol. The van der Waals surface area contributed by atoms with Gasteiger partial charge >= 0.3 is 0 Å². The quantitative estimate of drug-likeness (QED) is 0.384. The van der Waals surface area contributed by atoms with Crippen LogP contribution in [-0.2, 0) is 16.1 Å². The van der Waals surface area contributed by atoms with Gasteiger partial charge in [-0.2, -0.15) is 0 Å². The zero-order valence-electron chi connectivity index (χ0n) is 16.4. The van der Waals surface area contributed by atoms with E-state index in [1.165, 1.54) is 16.2 Å². The van der Waals surface area contributed by atoms with Crippen molar-refractivity contribution >= 4 is 28.8 Å². The summed E-state index contributed by atoms with van der Waals surface area (Å²) in [5.41, 5.74) is 1.31. The molecule has 0 saturated carbocycles. The number of thiophene rings is 1. The number of pyridine rings is 1. The van der Waals surface area contributed by atoms with Gasteiger partial charge in [-0.1, -0.05) is 6.07 Å². The Labute approximate surface area is 182 Å². The number of rotatable bonds is 4. The molecule has 0 bridgehead atoms. The summed E-state index contributed by atoms with van der Waals surface area (Å²) >= 11 is 1.43. The number of carbonyl (C=O) groups is 2. The normalized spacial score (nSPS) is 19.6. The van der Waals surface area contributed by atoms with E-state index in [2.05, 4.69) is 4.98 Å². The first kappa shape index (κ1) is 19.3. The zero-order chi connectivity index (χ0) is 21.4. The fourth-order valence-corrected chi connectivity index (χ4v) is 4.66. The number of hydrogen-bond acceptors (Lipinski definition) is 7. The fraction of sp³-hybridized carbons (Fsp3) is 0.174. The van der Waals surface area contributed by atoms with Gasteiger partial charge in [0.2, 0.25) is 0 Å². The van der Waals surface area contributed by atoms with E-state index in [9.17, 15) is 14.7 Å². The van der Waals surface area contributed by atoms with Gasteiger partial charge in [0, 0.05) is 29.4 Å². The van der Waals surface area contributed by atoms with Crippen molar-refractivity contribution in [2.45, 2.75) is 12.6 Å². The molecule has 1 saturated heterocycles. The molecule has 2 aliphatic heterocycles. The minimum absolute atomic E-state index is 0.0678. The molecular formula is C23H18N2O5S. The molecule has 1 fully saturated rings. The number of likely N-dealkylation sites (tertiary alicyclic amines) is 1. The molecular weight excluding hydrogens is 416 g/mol. The lowest BCUT2D eigenvalue weighted by molar-refractivity contribution is -0.140. The first-order valence-corrected chi connectivity index (χ1v) is 10.6. The summed E-state index contributed by atoms with van der Waals surface area (Å²) in [7, 11) is 0. The van der Waals surface area contributed by atoms with E-state index in [-0.39, 0.29) is 17.9 Å².